The van der Waals surface area contributed by atoms with Crippen LogP contribution < -0.4 is 5.73 Å². The summed E-state index contributed by atoms with van der Waals surface area (Å²) < 4.78 is 0. The Labute approximate surface area is 98.4 Å². The number of piperidine rings is 1. The quantitative estimate of drug-likeness (QED) is 0.778. The fraction of sp³-hybridized carbons (Fsp3) is 0.923. The van der Waals surface area contributed by atoms with Crippen LogP contribution in [0.4, 0.5) is 0 Å². The van der Waals surface area contributed by atoms with Gasteiger partial charge in [0.2, 0.25) is 5.91 Å². The molecule has 2 N–H and O–H groups in total. The molecule has 1 aliphatic heterocycles. The Morgan fingerprint density at radius 3 is 2.75 bits per heavy atom. The average Bonchev–Trinajstić information content (AvgIpc) is 2.27. The van der Waals surface area contributed by atoms with E-state index in [-0.39, 0.29) is 11.9 Å². The van der Waals surface area contributed by atoms with E-state index in [4.69, 9.17) is 5.73 Å². The predicted octanol–water partition coefficient (Wildman–Crippen LogP) is 1.90. The van der Waals surface area contributed by atoms with Crippen LogP contribution in [0.5, 0.6) is 0 Å². The number of carbonyl (C=O) groups is 1. The van der Waals surface area contributed by atoms with Crippen LogP contribution in [0.3, 0.4) is 0 Å². The molecule has 0 spiro atoms. The maximum absolute atomic E-state index is 12.1. The Morgan fingerprint density at radius 2 is 2.00 bits per heavy atom. The van der Waals surface area contributed by atoms with Crippen molar-refractivity contribution >= 4 is 5.91 Å². The van der Waals surface area contributed by atoms with E-state index in [9.17, 15) is 4.79 Å². The molecule has 16 heavy (non-hydrogen) atoms. The van der Waals surface area contributed by atoms with E-state index in [1.807, 2.05) is 6.92 Å². The zero-order valence-electron chi connectivity index (χ0n) is 10.3. The molecule has 92 valence electrons. The molecule has 2 rings (SSSR count). The summed E-state index contributed by atoms with van der Waals surface area (Å²) >= 11 is 0. The molecule has 3 heteroatoms. The van der Waals surface area contributed by atoms with Gasteiger partial charge < -0.3 is 10.6 Å². The van der Waals surface area contributed by atoms with Gasteiger partial charge in [-0.2, -0.15) is 0 Å². The minimum Gasteiger partial charge on any atom is -0.339 e. The highest BCUT2D eigenvalue weighted by Crippen LogP contribution is 2.35. The first-order valence-electron chi connectivity index (χ1n) is 6.73. The highest BCUT2D eigenvalue weighted by molar-refractivity contribution is 5.77. The van der Waals surface area contributed by atoms with Gasteiger partial charge in [0.05, 0.1) is 0 Å². The molecule has 0 aromatic rings. The molecule has 0 bridgehead atoms. The third-order valence-electron chi connectivity index (χ3n) is 4.06. The van der Waals surface area contributed by atoms with Crippen LogP contribution in [0.25, 0.3) is 0 Å². The van der Waals surface area contributed by atoms with E-state index in [0.717, 1.165) is 12.5 Å². The lowest BCUT2D eigenvalue weighted by molar-refractivity contribution is -0.137. The lowest BCUT2D eigenvalue weighted by Gasteiger charge is -2.44. The van der Waals surface area contributed by atoms with Crippen molar-refractivity contribution in [2.75, 3.05) is 6.54 Å². The maximum atomic E-state index is 12.1. The van der Waals surface area contributed by atoms with Gasteiger partial charge >= 0.3 is 0 Å². The summed E-state index contributed by atoms with van der Waals surface area (Å²) in [6.07, 6.45) is 8.23. The van der Waals surface area contributed by atoms with Crippen LogP contribution in [-0.4, -0.2) is 29.4 Å². The molecule has 1 heterocycles. The lowest BCUT2D eigenvalue weighted by atomic mass is 9.78. The number of carbonyl (C=O) groups excluding carboxylic acids is 1. The summed E-state index contributed by atoms with van der Waals surface area (Å²) in [5.74, 6) is 1.06. The van der Waals surface area contributed by atoms with Crippen LogP contribution in [0.15, 0.2) is 0 Å². The van der Waals surface area contributed by atoms with E-state index < -0.39 is 0 Å². The topological polar surface area (TPSA) is 46.3 Å². The zero-order valence-corrected chi connectivity index (χ0v) is 10.3. The number of nitrogens with zero attached hydrogens (tertiary/aromatic N) is 1. The SMILES string of the molecule is CC(N)CC(=O)N1CCCC2CCCCC21. The van der Waals surface area contributed by atoms with Crippen molar-refractivity contribution in [1.29, 1.82) is 0 Å². The van der Waals surface area contributed by atoms with Crippen molar-refractivity contribution in [3.8, 4) is 0 Å². The van der Waals surface area contributed by atoms with E-state index in [2.05, 4.69) is 4.90 Å². The molecule has 2 aliphatic rings. The van der Waals surface area contributed by atoms with Crippen molar-refractivity contribution in [1.82, 2.24) is 4.90 Å². The number of amides is 1. The molecule has 0 radical (unpaired) electrons. The van der Waals surface area contributed by atoms with Gasteiger partial charge in [-0.1, -0.05) is 12.8 Å². The first-order valence-corrected chi connectivity index (χ1v) is 6.73. The Kier molecular flexibility index (Phi) is 3.85. The molecule has 1 saturated carbocycles. The summed E-state index contributed by atoms with van der Waals surface area (Å²) in [5, 5.41) is 0. The number of hydrogen-bond donors (Lipinski definition) is 1. The highest BCUT2D eigenvalue weighted by atomic mass is 16.2. The van der Waals surface area contributed by atoms with Crippen molar-refractivity contribution in [3.63, 3.8) is 0 Å². The third kappa shape index (κ3) is 2.57. The molecule has 0 aromatic carbocycles. The van der Waals surface area contributed by atoms with E-state index >= 15 is 0 Å². The number of likely N-dealkylation sites (tertiary alicyclic amines) is 1. The second-order valence-electron chi connectivity index (χ2n) is 5.52. The lowest BCUT2D eigenvalue weighted by Crippen LogP contribution is -2.50. The number of fused-ring (bicyclic) bond motifs is 1. The molecule has 3 nitrogen and oxygen atoms in total. The first kappa shape index (κ1) is 11.9. The zero-order chi connectivity index (χ0) is 11.5. The summed E-state index contributed by atoms with van der Waals surface area (Å²) in [7, 11) is 0. The van der Waals surface area contributed by atoms with E-state index in [0.29, 0.717) is 12.5 Å². The maximum Gasteiger partial charge on any atom is 0.224 e. The second-order valence-corrected chi connectivity index (χ2v) is 5.52. The fourth-order valence-electron chi connectivity index (χ4n) is 3.33. The summed E-state index contributed by atoms with van der Waals surface area (Å²) in [6, 6.07) is 0.533. The molecule has 3 atom stereocenters. The Hall–Kier alpha value is -0.570. The normalized spacial score (nSPS) is 32.0. The number of hydrogen-bond acceptors (Lipinski definition) is 2. The molecular formula is C13H24N2O. The van der Waals surface area contributed by atoms with E-state index in [1.54, 1.807) is 0 Å². The Morgan fingerprint density at radius 1 is 1.31 bits per heavy atom. The standard InChI is InChI=1S/C13H24N2O/c1-10(14)9-13(16)15-8-4-6-11-5-2-3-7-12(11)15/h10-12H,2-9,14H2,1H3. The molecule has 1 aliphatic carbocycles. The molecule has 1 amide bonds. The highest BCUT2D eigenvalue weighted by Gasteiger charge is 2.35. The van der Waals surface area contributed by atoms with Gasteiger partial charge in [0, 0.05) is 25.0 Å². The summed E-state index contributed by atoms with van der Waals surface area (Å²) in [5.41, 5.74) is 5.72. The Balaban J connectivity index is 1.99. The van der Waals surface area contributed by atoms with Crippen LogP contribution in [-0.2, 0) is 4.79 Å². The van der Waals surface area contributed by atoms with E-state index in [1.165, 1.54) is 38.5 Å². The molecular weight excluding hydrogens is 200 g/mol. The fourth-order valence-corrected chi connectivity index (χ4v) is 3.33. The van der Waals surface area contributed by atoms with Gasteiger partial charge in [-0.15, -0.1) is 0 Å². The van der Waals surface area contributed by atoms with Gasteiger partial charge in [0.1, 0.15) is 0 Å². The van der Waals surface area contributed by atoms with Gasteiger partial charge in [0.25, 0.3) is 0 Å². The van der Waals surface area contributed by atoms with Gasteiger partial charge in [-0.25, -0.2) is 0 Å². The van der Waals surface area contributed by atoms with Crippen LogP contribution >= 0.6 is 0 Å². The van der Waals surface area contributed by atoms with Crippen LogP contribution in [0.1, 0.15) is 51.9 Å². The number of rotatable bonds is 2. The predicted molar refractivity (Wildman–Crippen MR) is 65.0 cm³/mol. The minimum atomic E-state index is -0.00327. The molecule has 1 saturated heterocycles. The Bertz CT molecular complexity index is 250. The van der Waals surface area contributed by atoms with Gasteiger partial charge in [-0.3, -0.25) is 4.79 Å². The van der Waals surface area contributed by atoms with Gasteiger partial charge in [0.15, 0.2) is 0 Å². The van der Waals surface area contributed by atoms with Gasteiger partial charge in [-0.05, 0) is 38.5 Å². The number of nitrogens with two attached hydrogens (primary N) is 1. The first-order chi connectivity index (χ1) is 7.68. The average molecular weight is 224 g/mol. The molecule has 0 aromatic heterocycles. The monoisotopic (exact) mass is 224 g/mol. The van der Waals surface area contributed by atoms with Crippen LogP contribution in [0.2, 0.25) is 0 Å². The van der Waals surface area contributed by atoms with Crippen molar-refractivity contribution in [3.05, 3.63) is 0 Å². The third-order valence-corrected chi connectivity index (χ3v) is 4.06. The van der Waals surface area contributed by atoms with Crippen molar-refractivity contribution < 1.29 is 4.79 Å². The van der Waals surface area contributed by atoms with Crippen molar-refractivity contribution in [2.24, 2.45) is 11.7 Å². The molecule has 3 unspecified atom stereocenters. The second kappa shape index (κ2) is 5.17. The summed E-state index contributed by atoms with van der Waals surface area (Å²) in [6.45, 7) is 2.88. The largest absolute Gasteiger partial charge is 0.339 e. The van der Waals surface area contributed by atoms with Crippen LogP contribution in [0, 0.1) is 5.92 Å². The summed E-state index contributed by atoms with van der Waals surface area (Å²) in [4.78, 5) is 14.2. The molecule has 2 fully saturated rings. The smallest absolute Gasteiger partial charge is 0.224 e. The minimum absolute atomic E-state index is 0.00327. The van der Waals surface area contributed by atoms with Crippen molar-refractivity contribution in [2.45, 2.75) is 64.0 Å².